The van der Waals surface area contributed by atoms with Crippen LogP contribution in [0.5, 0.6) is 0 Å². The predicted molar refractivity (Wildman–Crippen MR) is 89.6 cm³/mol. The minimum atomic E-state index is 0.787. The molecule has 21 heavy (non-hydrogen) atoms. The molecule has 3 heterocycles. The van der Waals surface area contributed by atoms with Crippen molar-refractivity contribution in [2.75, 3.05) is 45.8 Å². The minimum absolute atomic E-state index is 0.787. The van der Waals surface area contributed by atoms with Gasteiger partial charge >= 0.3 is 0 Å². The van der Waals surface area contributed by atoms with Crippen LogP contribution in [-0.4, -0.2) is 72.6 Å². The lowest BCUT2D eigenvalue weighted by Gasteiger charge is -2.50. The van der Waals surface area contributed by atoms with Crippen LogP contribution in [0.4, 0.5) is 0 Å². The number of rotatable bonds is 4. The Labute approximate surface area is 131 Å². The van der Waals surface area contributed by atoms with E-state index in [-0.39, 0.29) is 0 Å². The van der Waals surface area contributed by atoms with E-state index >= 15 is 0 Å². The molecule has 0 spiro atoms. The fourth-order valence-corrected chi connectivity index (χ4v) is 4.79. The Balaban J connectivity index is 1.61. The molecule has 0 N–H and O–H groups in total. The number of fused-ring (bicyclic) bond motifs is 1. The lowest BCUT2D eigenvalue weighted by molar-refractivity contribution is -0.0140. The first-order chi connectivity index (χ1) is 10.2. The van der Waals surface area contributed by atoms with Gasteiger partial charge in [0.15, 0.2) is 0 Å². The fourth-order valence-electron chi connectivity index (χ4n) is 4.79. The lowest BCUT2D eigenvalue weighted by Crippen LogP contribution is -2.61. The van der Waals surface area contributed by atoms with Crippen molar-refractivity contribution in [2.45, 2.75) is 58.5 Å². The molecule has 3 fully saturated rings. The molecule has 0 aromatic carbocycles. The third-order valence-corrected chi connectivity index (χ3v) is 6.16. The number of likely N-dealkylation sites (tertiary alicyclic amines) is 1. The van der Waals surface area contributed by atoms with Gasteiger partial charge < -0.3 is 4.90 Å². The van der Waals surface area contributed by atoms with Gasteiger partial charge in [-0.25, -0.2) is 0 Å². The molecule has 0 radical (unpaired) electrons. The maximum Gasteiger partial charge on any atom is 0.0247 e. The Morgan fingerprint density at radius 3 is 2.57 bits per heavy atom. The zero-order chi connectivity index (χ0) is 14.8. The standard InChI is InChI=1S/C18H35N3/c1-4-19-10-8-16(11-19)12-21-13-17-7-5-6-9-20(17)14-18(21)15(2)3/h15-18H,4-14H2,1-3H3. The van der Waals surface area contributed by atoms with Crippen molar-refractivity contribution in [2.24, 2.45) is 11.8 Å². The number of hydrogen-bond acceptors (Lipinski definition) is 3. The molecule has 3 saturated heterocycles. The van der Waals surface area contributed by atoms with Gasteiger partial charge in [0.25, 0.3) is 0 Å². The highest BCUT2D eigenvalue weighted by Crippen LogP contribution is 2.29. The quantitative estimate of drug-likeness (QED) is 0.788. The maximum absolute atomic E-state index is 2.88. The van der Waals surface area contributed by atoms with Gasteiger partial charge in [-0.3, -0.25) is 9.80 Å². The van der Waals surface area contributed by atoms with Gasteiger partial charge in [0.2, 0.25) is 0 Å². The van der Waals surface area contributed by atoms with E-state index in [9.17, 15) is 0 Å². The highest BCUT2D eigenvalue weighted by atomic mass is 15.3. The first kappa shape index (κ1) is 15.8. The van der Waals surface area contributed by atoms with E-state index in [0.29, 0.717) is 0 Å². The number of piperidine rings is 1. The average Bonchev–Trinajstić information content (AvgIpc) is 2.94. The second-order valence-corrected chi connectivity index (χ2v) is 7.96. The Bertz CT molecular complexity index is 330. The molecule has 0 saturated carbocycles. The van der Waals surface area contributed by atoms with E-state index in [1.807, 2.05) is 0 Å². The Morgan fingerprint density at radius 2 is 1.86 bits per heavy atom. The summed E-state index contributed by atoms with van der Waals surface area (Å²) in [5.41, 5.74) is 0. The zero-order valence-corrected chi connectivity index (χ0v) is 14.4. The van der Waals surface area contributed by atoms with Crippen LogP contribution in [0.15, 0.2) is 0 Å². The molecule has 0 aromatic heterocycles. The van der Waals surface area contributed by atoms with Crippen LogP contribution < -0.4 is 0 Å². The van der Waals surface area contributed by atoms with E-state index in [0.717, 1.165) is 23.9 Å². The summed E-state index contributed by atoms with van der Waals surface area (Å²) in [6.45, 7) is 16.4. The topological polar surface area (TPSA) is 9.72 Å². The lowest BCUT2D eigenvalue weighted by atomic mass is 9.91. The monoisotopic (exact) mass is 293 g/mol. The second-order valence-electron chi connectivity index (χ2n) is 7.96. The second kappa shape index (κ2) is 6.97. The summed E-state index contributed by atoms with van der Waals surface area (Å²) in [5, 5.41) is 0. The summed E-state index contributed by atoms with van der Waals surface area (Å²) in [4.78, 5) is 8.31. The largest absolute Gasteiger partial charge is 0.303 e. The molecular formula is C18H35N3. The first-order valence-corrected chi connectivity index (χ1v) is 9.37. The molecule has 3 aliphatic heterocycles. The van der Waals surface area contributed by atoms with Gasteiger partial charge in [0.05, 0.1) is 0 Å². The molecule has 122 valence electrons. The van der Waals surface area contributed by atoms with Gasteiger partial charge in [-0.1, -0.05) is 27.2 Å². The van der Waals surface area contributed by atoms with Gasteiger partial charge in [-0.05, 0) is 50.7 Å². The molecule has 3 aliphatic rings. The highest BCUT2D eigenvalue weighted by molar-refractivity contribution is 4.93. The van der Waals surface area contributed by atoms with Crippen LogP contribution in [0.1, 0.15) is 46.5 Å². The summed E-state index contributed by atoms with van der Waals surface area (Å²) in [6, 6.07) is 1.65. The van der Waals surface area contributed by atoms with Crippen molar-refractivity contribution < 1.29 is 0 Å². The molecule has 0 aliphatic carbocycles. The minimum Gasteiger partial charge on any atom is -0.303 e. The van der Waals surface area contributed by atoms with E-state index in [1.165, 1.54) is 71.5 Å². The molecule has 3 unspecified atom stereocenters. The third-order valence-electron chi connectivity index (χ3n) is 6.16. The molecule has 0 aromatic rings. The summed E-state index contributed by atoms with van der Waals surface area (Å²) in [7, 11) is 0. The molecule has 0 bridgehead atoms. The van der Waals surface area contributed by atoms with Crippen LogP contribution in [0.25, 0.3) is 0 Å². The van der Waals surface area contributed by atoms with Crippen LogP contribution in [-0.2, 0) is 0 Å². The smallest absolute Gasteiger partial charge is 0.0247 e. The SMILES string of the molecule is CCN1CCC(CN2CC3CCCCN3CC2C(C)C)C1. The average molecular weight is 293 g/mol. The van der Waals surface area contributed by atoms with Gasteiger partial charge in [-0.15, -0.1) is 0 Å². The highest BCUT2D eigenvalue weighted by Gasteiger charge is 2.37. The fraction of sp³-hybridized carbons (Fsp3) is 1.00. The van der Waals surface area contributed by atoms with E-state index < -0.39 is 0 Å². The van der Waals surface area contributed by atoms with Crippen molar-refractivity contribution in [3.8, 4) is 0 Å². The summed E-state index contributed by atoms with van der Waals surface area (Å²) >= 11 is 0. The number of piperazine rings is 1. The number of hydrogen-bond donors (Lipinski definition) is 0. The van der Waals surface area contributed by atoms with Crippen molar-refractivity contribution in [1.82, 2.24) is 14.7 Å². The van der Waals surface area contributed by atoms with Crippen molar-refractivity contribution in [3.05, 3.63) is 0 Å². The molecule has 3 nitrogen and oxygen atoms in total. The Morgan fingerprint density at radius 1 is 1.00 bits per heavy atom. The molecule has 3 atom stereocenters. The molecule has 3 rings (SSSR count). The number of nitrogens with zero attached hydrogens (tertiary/aromatic N) is 3. The molecule has 3 heteroatoms. The molecule has 0 amide bonds. The first-order valence-electron chi connectivity index (χ1n) is 9.37. The summed E-state index contributed by atoms with van der Waals surface area (Å²) in [5.74, 6) is 1.71. The van der Waals surface area contributed by atoms with Crippen LogP contribution >= 0.6 is 0 Å². The van der Waals surface area contributed by atoms with E-state index in [2.05, 4.69) is 35.5 Å². The third kappa shape index (κ3) is 3.62. The van der Waals surface area contributed by atoms with Gasteiger partial charge in [0.1, 0.15) is 0 Å². The zero-order valence-electron chi connectivity index (χ0n) is 14.4. The van der Waals surface area contributed by atoms with Gasteiger partial charge in [-0.2, -0.15) is 0 Å². The van der Waals surface area contributed by atoms with Crippen molar-refractivity contribution in [1.29, 1.82) is 0 Å². The van der Waals surface area contributed by atoms with Crippen LogP contribution in [0.3, 0.4) is 0 Å². The van der Waals surface area contributed by atoms with Crippen molar-refractivity contribution in [3.63, 3.8) is 0 Å². The molecular weight excluding hydrogens is 258 g/mol. The Kier molecular flexibility index (Phi) is 5.23. The van der Waals surface area contributed by atoms with Gasteiger partial charge in [0, 0.05) is 38.3 Å². The normalized spacial score (nSPS) is 36.3. The Hall–Kier alpha value is -0.120. The predicted octanol–water partition coefficient (Wildman–Crippen LogP) is 2.52. The maximum atomic E-state index is 2.88. The summed E-state index contributed by atoms with van der Waals surface area (Å²) in [6.07, 6.45) is 5.74. The van der Waals surface area contributed by atoms with Crippen LogP contribution in [0.2, 0.25) is 0 Å². The van der Waals surface area contributed by atoms with Crippen molar-refractivity contribution >= 4 is 0 Å². The van der Waals surface area contributed by atoms with Crippen LogP contribution in [0, 0.1) is 11.8 Å². The summed E-state index contributed by atoms with van der Waals surface area (Å²) < 4.78 is 0. The van der Waals surface area contributed by atoms with E-state index in [4.69, 9.17) is 0 Å². The van der Waals surface area contributed by atoms with E-state index in [1.54, 1.807) is 0 Å².